The van der Waals surface area contributed by atoms with Crippen LogP contribution in [-0.2, 0) is 6.54 Å². The second-order valence-corrected chi connectivity index (χ2v) is 7.46. The fourth-order valence-corrected chi connectivity index (χ4v) is 3.58. The molecule has 0 saturated heterocycles. The Morgan fingerprint density at radius 1 is 1.37 bits per heavy atom. The number of pyridine rings is 1. The van der Waals surface area contributed by atoms with Crippen molar-refractivity contribution in [1.29, 1.82) is 0 Å². The number of rotatable bonds is 5. The third-order valence-corrected chi connectivity index (χ3v) is 5.11. The number of aryl methyl sites for hydroxylation is 1. The molecule has 138 valence electrons. The minimum atomic E-state index is -0.189. The Balaban J connectivity index is 1.74. The Morgan fingerprint density at radius 3 is 2.89 bits per heavy atom. The summed E-state index contributed by atoms with van der Waals surface area (Å²) >= 11 is 1.53. The zero-order valence-electron chi connectivity index (χ0n) is 15.3. The van der Waals surface area contributed by atoms with E-state index in [4.69, 9.17) is 4.42 Å². The van der Waals surface area contributed by atoms with Crippen LogP contribution in [-0.4, -0.2) is 25.7 Å². The van der Waals surface area contributed by atoms with Crippen LogP contribution >= 0.6 is 11.3 Å². The first kappa shape index (κ1) is 17.4. The highest BCUT2D eigenvalue weighted by Gasteiger charge is 2.19. The van der Waals surface area contributed by atoms with Crippen molar-refractivity contribution < 1.29 is 9.21 Å². The second kappa shape index (κ2) is 6.96. The summed E-state index contributed by atoms with van der Waals surface area (Å²) in [7, 11) is 0. The first-order chi connectivity index (χ1) is 13.0. The van der Waals surface area contributed by atoms with Crippen LogP contribution in [0.4, 0.5) is 0 Å². The normalized spacial score (nSPS) is 11.4. The molecule has 0 spiro atoms. The predicted octanol–water partition coefficient (Wildman–Crippen LogP) is 3.97. The van der Waals surface area contributed by atoms with E-state index in [1.165, 1.54) is 11.3 Å². The highest BCUT2D eigenvalue weighted by Crippen LogP contribution is 2.26. The Kier molecular flexibility index (Phi) is 4.49. The molecule has 8 heteroatoms. The molecule has 0 aromatic carbocycles. The number of furan rings is 1. The fraction of sp³-hybridized carbons (Fsp3) is 0.263. The quantitative estimate of drug-likeness (QED) is 0.565. The first-order valence-electron chi connectivity index (χ1n) is 8.64. The predicted molar refractivity (Wildman–Crippen MR) is 104 cm³/mol. The molecule has 1 N–H and O–H groups in total. The Hall–Kier alpha value is -3.00. The molecule has 0 aliphatic rings. The van der Waals surface area contributed by atoms with Crippen LogP contribution in [0.15, 0.2) is 40.5 Å². The van der Waals surface area contributed by atoms with Gasteiger partial charge >= 0.3 is 0 Å². The van der Waals surface area contributed by atoms with E-state index in [2.05, 4.69) is 20.4 Å². The van der Waals surface area contributed by atoms with Gasteiger partial charge in [0.25, 0.3) is 5.91 Å². The maximum atomic E-state index is 12.9. The minimum absolute atomic E-state index is 0.121. The number of carbonyl (C=O) groups is 1. The number of fused-ring (bicyclic) bond motifs is 1. The lowest BCUT2D eigenvalue weighted by Gasteiger charge is -2.10. The van der Waals surface area contributed by atoms with Crippen molar-refractivity contribution in [3.8, 4) is 11.5 Å². The van der Waals surface area contributed by atoms with Gasteiger partial charge in [0.2, 0.25) is 0 Å². The van der Waals surface area contributed by atoms with E-state index < -0.39 is 0 Å². The van der Waals surface area contributed by atoms with E-state index in [-0.39, 0.29) is 11.9 Å². The Morgan fingerprint density at radius 2 is 2.22 bits per heavy atom. The maximum Gasteiger partial charge on any atom is 0.252 e. The molecule has 4 aromatic heterocycles. The van der Waals surface area contributed by atoms with Gasteiger partial charge in [0.15, 0.2) is 11.4 Å². The van der Waals surface area contributed by atoms with Crippen molar-refractivity contribution >= 4 is 28.3 Å². The average molecular weight is 381 g/mol. The van der Waals surface area contributed by atoms with Crippen LogP contribution < -0.4 is 5.32 Å². The zero-order valence-corrected chi connectivity index (χ0v) is 16.1. The monoisotopic (exact) mass is 381 g/mol. The molecular weight excluding hydrogens is 362 g/mol. The molecule has 0 saturated carbocycles. The molecule has 0 fully saturated rings. The van der Waals surface area contributed by atoms with Gasteiger partial charge < -0.3 is 9.73 Å². The summed E-state index contributed by atoms with van der Waals surface area (Å²) in [4.78, 5) is 22.0. The van der Waals surface area contributed by atoms with Crippen molar-refractivity contribution in [1.82, 2.24) is 25.1 Å². The van der Waals surface area contributed by atoms with Gasteiger partial charge in [-0.05, 0) is 39.0 Å². The fourth-order valence-electron chi connectivity index (χ4n) is 2.87. The number of amides is 1. The van der Waals surface area contributed by atoms with Gasteiger partial charge in [-0.15, -0.1) is 11.3 Å². The maximum absolute atomic E-state index is 12.9. The second-order valence-electron chi connectivity index (χ2n) is 6.52. The molecule has 0 aliphatic heterocycles. The van der Waals surface area contributed by atoms with Gasteiger partial charge in [-0.3, -0.25) is 4.79 Å². The summed E-state index contributed by atoms with van der Waals surface area (Å²) < 4.78 is 7.29. The van der Waals surface area contributed by atoms with Crippen molar-refractivity contribution in [2.75, 3.05) is 0 Å². The molecule has 0 unspecified atom stereocenters. The number of carbonyl (C=O) groups excluding carboxylic acids is 1. The number of nitrogens with one attached hydrogen (secondary N) is 1. The SMILES string of the molecule is Cc1csc(CNC(=O)c2cc(-c3ccco3)nc3c2cnn3C(C)C)n1. The van der Waals surface area contributed by atoms with Crippen molar-refractivity contribution in [2.45, 2.75) is 33.4 Å². The smallest absolute Gasteiger partial charge is 0.252 e. The van der Waals surface area contributed by atoms with Gasteiger partial charge in [-0.2, -0.15) is 5.10 Å². The molecule has 4 heterocycles. The van der Waals surface area contributed by atoms with Gasteiger partial charge in [-0.1, -0.05) is 0 Å². The summed E-state index contributed by atoms with van der Waals surface area (Å²) in [6, 6.07) is 5.49. The van der Waals surface area contributed by atoms with Crippen molar-refractivity contribution in [2.24, 2.45) is 0 Å². The lowest BCUT2D eigenvalue weighted by Crippen LogP contribution is -2.23. The lowest BCUT2D eigenvalue weighted by molar-refractivity contribution is 0.0952. The first-order valence-corrected chi connectivity index (χ1v) is 9.52. The van der Waals surface area contributed by atoms with Crippen LogP contribution in [0.5, 0.6) is 0 Å². The summed E-state index contributed by atoms with van der Waals surface area (Å²) in [5.74, 6) is 0.421. The van der Waals surface area contributed by atoms with E-state index in [0.717, 1.165) is 10.7 Å². The molecule has 0 radical (unpaired) electrons. The van der Waals surface area contributed by atoms with E-state index in [9.17, 15) is 4.79 Å². The summed E-state index contributed by atoms with van der Waals surface area (Å²) in [6.45, 7) is 6.37. The highest BCUT2D eigenvalue weighted by molar-refractivity contribution is 7.09. The number of aromatic nitrogens is 4. The van der Waals surface area contributed by atoms with Gasteiger partial charge in [0.1, 0.15) is 10.7 Å². The standard InChI is InChI=1S/C19H19N5O2S/c1-11(2)24-18-14(8-21-24)13(7-15(23-18)16-5-4-6-26-16)19(25)20-9-17-22-12(3)10-27-17/h4-8,10-11H,9H2,1-3H3,(H,20,25). The molecular formula is C19H19N5O2S. The molecule has 7 nitrogen and oxygen atoms in total. The third-order valence-electron chi connectivity index (χ3n) is 4.14. The van der Waals surface area contributed by atoms with Crippen LogP contribution in [0.25, 0.3) is 22.5 Å². The largest absolute Gasteiger partial charge is 0.463 e. The molecule has 4 rings (SSSR count). The Labute approximate surface area is 160 Å². The topological polar surface area (TPSA) is 85.8 Å². The van der Waals surface area contributed by atoms with Crippen LogP contribution in [0.1, 0.15) is 40.9 Å². The van der Waals surface area contributed by atoms with Gasteiger partial charge in [0, 0.05) is 17.1 Å². The third kappa shape index (κ3) is 3.35. The number of hydrogen-bond donors (Lipinski definition) is 1. The molecule has 0 aliphatic carbocycles. The van der Waals surface area contributed by atoms with Crippen molar-refractivity contribution in [3.63, 3.8) is 0 Å². The minimum Gasteiger partial charge on any atom is -0.463 e. The van der Waals surface area contributed by atoms with Crippen molar-refractivity contribution in [3.05, 3.63) is 52.3 Å². The molecule has 0 atom stereocenters. The summed E-state index contributed by atoms with van der Waals surface area (Å²) in [5, 5.41) is 10.9. The van der Waals surface area contributed by atoms with E-state index in [1.807, 2.05) is 36.9 Å². The van der Waals surface area contributed by atoms with Crippen LogP contribution in [0, 0.1) is 6.92 Å². The molecule has 4 aromatic rings. The van der Waals surface area contributed by atoms with Crippen LogP contribution in [0.2, 0.25) is 0 Å². The number of nitrogens with zero attached hydrogens (tertiary/aromatic N) is 4. The van der Waals surface area contributed by atoms with Gasteiger partial charge in [0.05, 0.1) is 30.0 Å². The Bertz CT molecular complexity index is 1090. The zero-order chi connectivity index (χ0) is 19.0. The van der Waals surface area contributed by atoms with E-state index in [1.54, 1.807) is 24.6 Å². The number of thiazole rings is 1. The molecule has 1 amide bonds. The highest BCUT2D eigenvalue weighted by atomic mass is 32.1. The number of hydrogen-bond acceptors (Lipinski definition) is 6. The lowest BCUT2D eigenvalue weighted by atomic mass is 10.1. The summed E-state index contributed by atoms with van der Waals surface area (Å²) in [6.07, 6.45) is 3.28. The van der Waals surface area contributed by atoms with E-state index in [0.29, 0.717) is 34.6 Å². The average Bonchev–Trinajstić information content (AvgIpc) is 3.38. The van der Waals surface area contributed by atoms with Crippen LogP contribution in [0.3, 0.4) is 0 Å². The summed E-state index contributed by atoms with van der Waals surface area (Å²) in [5.41, 5.74) is 2.74. The van der Waals surface area contributed by atoms with Gasteiger partial charge in [-0.25, -0.2) is 14.6 Å². The van der Waals surface area contributed by atoms with E-state index >= 15 is 0 Å². The molecule has 0 bridgehead atoms. The molecule has 27 heavy (non-hydrogen) atoms.